The highest BCUT2D eigenvalue weighted by molar-refractivity contribution is 6.74. The van der Waals surface area contributed by atoms with Gasteiger partial charge in [-0.1, -0.05) is 54.2 Å². The maximum atomic E-state index is 13.0. The van der Waals surface area contributed by atoms with Crippen molar-refractivity contribution in [1.82, 2.24) is 9.55 Å². The second-order valence-corrected chi connectivity index (χ2v) is 22.4. The first kappa shape index (κ1) is 31.4. The molecule has 0 unspecified atom stereocenters. The van der Waals surface area contributed by atoms with Gasteiger partial charge in [-0.2, -0.15) is 4.98 Å². The largest absolute Gasteiger partial charge is 0.445 e. The van der Waals surface area contributed by atoms with Crippen LogP contribution in [-0.2, 0) is 18.3 Å². The maximum Gasteiger partial charge on any atom is 0.413 e. The Bertz CT molecular complexity index is 1030. The first-order valence-electron chi connectivity index (χ1n) is 12.9. The van der Waals surface area contributed by atoms with Gasteiger partial charge < -0.3 is 18.3 Å². The Morgan fingerprint density at radius 1 is 1.19 bits per heavy atom. The van der Waals surface area contributed by atoms with E-state index in [0.29, 0.717) is 18.6 Å². The van der Waals surface area contributed by atoms with Crippen molar-refractivity contribution in [3.8, 4) is 0 Å². The van der Waals surface area contributed by atoms with E-state index >= 15 is 0 Å². The molecule has 1 aliphatic rings. The van der Waals surface area contributed by atoms with Gasteiger partial charge in [-0.3, -0.25) is 9.88 Å². The monoisotopic (exact) mass is 553 g/mol. The van der Waals surface area contributed by atoms with E-state index in [0.717, 1.165) is 0 Å². The molecule has 0 radical (unpaired) electrons. The summed E-state index contributed by atoms with van der Waals surface area (Å²) in [5, 5.41) is 2.60. The SMILES string of the molecule is C=CCOC(=O)Nc1nc(=O)n([C@H]2C[C@H](O[Si](C)(C)C(C)(C)C)[C@@H](CO[Si](C)(C)C(C)(C)C)O2)cc1C. The molecule has 1 amide bonds. The number of anilines is 1. The smallest absolute Gasteiger partial charge is 0.413 e. The van der Waals surface area contributed by atoms with Gasteiger partial charge in [0.25, 0.3) is 0 Å². The molecule has 0 saturated carbocycles. The molecule has 0 spiro atoms. The van der Waals surface area contributed by atoms with Crippen LogP contribution in [0.5, 0.6) is 0 Å². The summed E-state index contributed by atoms with van der Waals surface area (Å²) in [4.78, 5) is 29.0. The Hall–Kier alpha value is -1.80. The van der Waals surface area contributed by atoms with Gasteiger partial charge >= 0.3 is 11.8 Å². The lowest BCUT2D eigenvalue weighted by Crippen LogP contribution is -2.48. The molecule has 210 valence electrons. The summed E-state index contributed by atoms with van der Waals surface area (Å²) in [7, 11) is -4.13. The molecule has 1 aliphatic heterocycles. The molecule has 1 fully saturated rings. The molecule has 1 aromatic heterocycles. The minimum atomic E-state index is -2.11. The van der Waals surface area contributed by atoms with Gasteiger partial charge in [-0.25, -0.2) is 9.59 Å². The highest BCUT2D eigenvalue weighted by Gasteiger charge is 2.46. The van der Waals surface area contributed by atoms with Crippen LogP contribution in [0.4, 0.5) is 10.6 Å². The van der Waals surface area contributed by atoms with Gasteiger partial charge in [-0.05, 0) is 43.2 Å². The van der Waals surface area contributed by atoms with Crippen LogP contribution >= 0.6 is 0 Å². The third kappa shape index (κ3) is 7.85. The van der Waals surface area contributed by atoms with Crippen LogP contribution in [0.2, 0.25) is 36.3 Å². The molecule has 0 aliphatic carbocycles. The average Bonchev–Trinajstić information content (AvgIpc) is 3.13. The van der Waals surface area contributed by atoms with Crippen molar-refractivity contribution in [3.05, 3.63) is 34.9 Å². The van der Waals surface area contributed by atoms with Crippen molar-refractivity contribution in [3.63, 3.8) is 0 Å². The summed E-state index contributed by atoms with van der Waals surface area (Å²) in [6.07, 6.45) is 1.85. The molecule has 0 bridgehead atoms. The number of amides is 1. The number of ether oxygens (including phenoxy) is 2. The van der Waals surface area contributed by atoms with Crippen LogP contribution in [0.15, 0.2) is 23.6 Å². The molecule has 1 saturated heterocycles. The van der Waals surface area contributed by atoms with Crippen molar-refractivity contribution in [2.24, 2.45) is 0 Å². The number of aryl methyl sites for hydroxylation is 1. The summed E-state index contributed by atoms with van der Waals surface area (Å²) in [6, 6.07) is 0. The molecule has 3 atom stereocenters. The standard InChI is InChI=1S/C26H47N3O6Si2/c1-13-14-32-24(31)28-22-18(2)16-29(23(30)27-22)21-15-19(35-37(11,12)26(6,7)8)20(34-21)17-33-36(9,10)25(3,4)5/h13,16,19-21H,1,14-15,17H2,2-12H3,(H,27,28,30,31)/t19-,20+,21+/m0/s1. The van der Waals surface area contributed by atoms with Gasteiger partial charge in [0.2, 0.25) is 0 Å². The van der Waals surface area contributed by atoms with E-state index in [1.807, 2.05) is 0 Å². The molecule has 2 rings (SSSR count). The normalized spacial score (nSPS) is 21.1. The number of hydrogen-bond acceptors (Lipinski definition) is 7. The Labute approximate surface area is 224 Å². The van der Waals surface area contributed by atoms with Crippen LogP contribution in [0.3, 0.4) is 0 Å². The highest BCUT2D eigenvalue weighted by Crippen LogP contribution is 2.42. The summed E-state index contributed by atoms with van der Waals surface area (Å²) < 4.78 is 26.2. The Morgan fingerprint density at radius 2 is 1.78 bits per heavy atom. The predicted octanol–water partition coefficient (Wildman–Crippen LogP) is 5.99. The van der Waals surface area contributed by atoms with E-state index < -0.39 is 34.6 Å². The van der Waals surface area contributed by atoms with E-state index in [1.165, 1.54) is 10.6 Å². The fourth-order valence-electron chi connectivity index (χ4n) is 3.37. The van der Waals surface area contributed by atoms with E-state index in [-0.39, 0.29) is 34.7 Å². The van der Waals surface area contributed by atoms with Crippen LogP contribution < -0.4 is 11.0 Å². The fourth-order valence-corrected chi connectivity index (χ4v) is 5.75. The van der Waals surface area contributed by atoms with Gasteiger partial charge in [0.1, 0.15) is 24.8 Å². The lowest BCUT2D eigenvalue weighted by Gasteiger charge is -2.40. The summed E-state index contributed by atoms with van der Waals surface area (Å²) in [5.41, 5.74) is 0.0910. The second kappa shape index (κ2) is 11.5. The average molecular weight is 554 g/mol. The van der Waals surface area contributed by atoms with Gasteiger partial charge in [0.15, 0.2) is 16.6 Å². The summed E-state index contributed by atoms with van der Waals surface area (Å²) in [6.45, 7) is 27.8. The number of nitrogens with zero attached hydrogens (tertiary/aromatic N) is 2. The van der Waals surface area contributed by atoms with Gasteiger partial charge in [0, 0.05) is 18.2 Å². The molecule has 1 N–H and O–H groups in total. The van der Waals surface area contributed by atoms with Crippen LogP contribution in [0, 0.1) is 6.92 Å². The van der Waals surface area contributed by atoms with Crippen molar-refractivity contribution < 1.29 is 23.1 Å². The number of rotatable bonds is 9. The predicted molar refractivity (Wildman–Crippen MR) is 152 cm³/mol. The molecule has 37 heavy (non-hydrogen) atoms. The van der Waals surface area contributed by atoms with E-state index in [4.69, 9.17) is 18.3 Å². The zero-order chi connectivity index (χ0) is 28.4. The van der Waals surface area contributed by atoms with Gasteiger partial charge in [-0.15, -0.1) is 0 Å². The third-order valence-electron chi connectivity index (χ3n) is 7.84. The number of carbonyl (C=O) groups excluding carboxylic acids is 1. The minimum absolute atomic E-state index is 0.0262. The molecule has 11 heteroatoms. The molecule has 1 aromatic rings. The molecule has 2 heterocycles. The van der Waals surface area contributed by atoms with Crippen LogP contribution in [-0.4, -0.2) is 57.7 Å². The lowest BCUT2D eigenvalue weighted by atomic mass is 10.2. The quantitative estimate of drug-likeness (QED) is 0.296. The fraction of sp³-hybridized carbons (Fsp3) is 0.731. The van der Waals surface area contributed by atoms with Crippen LogP contribution in [0.25, 0.3) is 0 Å². The Balaban J connectivity index is 2.31. The lowest BCUT2D eigenvalue weighted by molar-refractivity contribution is -0.0412. The molecule has 9 nitrogen and oxygen atoms in total. The topological polar surface area (TPSA) is 101 Å². The van der Waals surface area contributed by atoms with Crippen molar-refractivity contribution in [1.29, 1.82) is 0 Å². The number of nitrogens with one attached hydrogen (secondary N) is 1. The Morgan fingerprint density at radius 3 is 2.32 bits per heavy atom. The third-order valence-corrected chi connectivity index (χ3v) is 16.8. The first-order chi connectivity index (χ1) is 16.8. The van der Waals surface area contributed by atoms with Gasteiger partial charge in [0.05, 0.1) is 12.7 Å². The highest BCUT2D eigenvalue weighted by atomic mass is 28.4. The van der Waals surface area contributed by atoms with Crippen molar-refractivity contribution in [2.45, 2.75) is 110 Å². The first-order valence-corrected chi connectivity index (χ1v) is 18.7. The minimum Gasteiger partial charge on any atom is -0.445 e. The van der Waals surface area contributed by atoms with Crippen molar-refractivity contribution in [2.75, 3.05) is 18.5 Å². The molecular formula is C26H47N3O6Si2. The zero-order valence-corrected chi connectivity index (χ0v) is 26.6. The number of hydrogen-bond donors (Lipinski definition) is 1. The maximum absolute atomic E-state index is 13.0. The molecular weight excluding hydrogens is 506 g/mol. The zero-order valence-electron chi connectivity index (χ0n) is 24.6. The molecule has 0 aromatic carbocycles. The second-order valence-electron chi connectivity index (χ2n) is 12.8. The van der Waals surface area contributed by atoms with E-state index in [9.17, 15) is 9.59 Å². The number of aromatic nitrogens is 2. The summed E-state index contributed by atoms with van der Waals surface area (Å²) >= 11 is 0. The summed E-state index contributed by atoms with van der Waals surface area (Å²) in [5.74, 6) is 0.153. The van der Waals surface area contributed by atoms with E-state index in [1.54, 1.807) is 13.1 Å². The van der Waals surface area contributed by atoms with Crippen LogP contribution in [0.1, 0.15) is 59.8 Å². The number of carbonyl (C=O) groups is 1. The Kier molecular flexibility index (Phi) is 9.79. The van der Waals surface area contributed by atoms with E-state index in [2.05, 4.69) is 84.6 Å². The van der Waals surface area contributed by atoms with Crippen molar-refractivity contribution >= 4 is 28.5 Å².